The molecular formula is C19H32N2. The summed E-state index contributed by atoms with van der Waals surface area (Å²) in [6.45, 7) is 10.7. The van der Waals surface area contributed by atoms with Gasteiger partial charge in [0.15, 0.2) is 0 Å². The summed E-state index contributed by atoms with van der Waals surface area (Å²) >= 11 is 0. The predicted octanol–water partition coefficient (Wildman–Crippen LogP) is 4.03. The van der Waals surface area contributed by atoms with Crippen molar-refractivity contribution in [3.63, 3.8) is 0 Å². The molecule has 2 nitrogen and oxygen atoms in total. The van der Waals surface area contributed by atoms with Gasteiger partial charge < -0.3 is 10.2 Å². The molecular weight excluding hydrogens is 256 g/mol. The van der Waals surface area contributed by atoms with Crippen molar-refractivity contribution >= 4 is 0 Å². The summed E-state index contributed by atoms with van der Waals surface area (Å²) in [5.74, 6) is 0.661. The van der Waals surface area contributed by atoms with Crippen LogP contribution in [0.3, 0.4) is 0 Å². The summed E-state index contributed by atoms with van der Waals surface area (Å²) in [6.07, 6.45) is 5.12. The molecule has 0 aliphatic carbocycles. The van der Waals surface area contributed by atoms with Gasteiger partial charge in [0.1, 0.15) is 0 Å². The summed E-state index contributed by atoms with van der Waals surface area (Å²) in [6, 6.07) is 12.4. The van der Waals surface area contributed by atoms with Gasteiger partial charge in [-0.05, 0) is 63.7 Å². The summed E-state index contributed by atoms with van der Waals surface area (Å²) < 4.78 is 0. The molecule has 21 heavy (non-hydrogen) atoms. The Morgan fingerprint density at radius 3 is 2.71 bits per heavy atom. The topological polar surface area (TPSA) is 15.3 Å². The highest BCUT2D eigenvalue weighted by Crippen LogP contribution is 2.22. The Labute approximate surface area is 130 Å². The Morgan fingerprint density at radius 1 is 1.29 bits per heavy atom. The average Bonchev–Trinajstić information content (AvgIpc) is 2.52. The van der Waals surface area contributed by atoms with E-state index in [1.807, 2.05) is 0 Å². The maximum atomic E-state index is 3.69. The maximum absolute atomic E-state index is 3.69. The molecule has 2 heteroatoms. The highest BCUT2D eigenvalue weighted by molar-refractivity contribution is 5.18. The van der Waals surface area contributed by atoms with Gasteiger partial charge in [0, 0.05) is 12.1 Å². The lowest BCUT2D eigenvalue weighted by Crippen LogP contribution is -2.47. The minimum absolute atomic E-state index is 0.661. The highest BCUT2D eigenvalue weighted by atomic mass is 15.2. The minimum Gasteiger partial charge on any atom is -0.314 e. The van der Waals surface area contributed by atoms with Crippen molar-refractivity contribution in [2.75, 3.05) is 19.6 Å². The van der Waals surface area contributed by atoms with E-state index in [4.69, 9.17) is 0 Å². The largest absolute Gasteiger partial charge is 0.314 e. The Hall–Kier alpha value is -0.860. The molecule has 0 radical (unpaired) electrons. The summed E-state index contributed by atoms with van der Waals surface area (Å²) in [7, 11) is 0. The van der Waals surface area contributed by atoms with Crippen LogP contribution in [0.25, 0.3) is 0 Å². The fourth-order valence-electron chi connectivity index (χ4n) is 3.39. The van der Waals surface area contributed by atoms with Crippen LogP contribution in [-0.2, 0) is 0 Å². The first-order chi connectivity index (χ1) is 10.2. The Bertz CT molecular complexity index is 390. The van der Waals surface area contributed by atoms with E-state index in [0.717, 1.165) is 12.1 Å². The van der Waals surface area contributed by atoms with Gasteiger partial charge in [0.25, 0.3) is 0 Å². The summed E-state index contributed by atoms with van der Waals surface area (Å²) in [5.41, 5.74) is 1.48. The van der Waals surface area contributed by atoms with E-state index in [2.05, 4.69) is 61.3 Å². The molecule has 1 aromatic carbocycles. The molecule has 3 unspecified atom stereocenters. The average molecular weight is 288 g/mol. The van der Waals surface area contributed by atoms with Crippen molar-refractivity contribution in [3.8, 4) is 0 Å². The molecule has 1 saturated heterocycles. The van der Waals surface area contributed by atoms with E-state index in [9.17, 15) is 0 Å². The van der Waals surface area contributed by atoms with Crippen LogP contribution in [0.15, 0.2) is 30.3 Å². The zero-order valence-electron chi connectivity index (χ0n) is 14.0. The molecule has 3 atom stereocenters. The quantitative estimate of drug-likeness (QED) is 0.815. The van der Waals surface area contributed by atoms with Gasteiger partial charge in [-0.3, -0.25) is 0 Å². The Morgan fingerprint density at radius 2 is 2.05 bits per heavy atom. The number of nitrogens with zero attached hydrogens (tertiary/aromatic N) is 1. The molecule has 1 N–H and O–H groups in total. The molecule has 0 aromatic heterocycles. The lowest BCUT2D eigenvalue weighted by Gasteiger charge is -2.38. The third kappa shape index (κ3) is 5.12. The first-order valence-corrected chi connectivity index (χ1v) is 8.73. The molecule has 118 valence electrons. The van der Waals surface area contributed by atoms with Gasteiger partial charge in [0.2, 0.25) is 0 Å². The fourth-order valence-corrected chi connectivity index (χ4v) is 3.39. The minimum atomic E-state index is 0.661. The lowest BCUT2D eigenvalue weighted by atomic mass is 9.94. The van der Waals surface area contributed by atoms with Crippen molar-refractivity contribution in [2.45, 2.75) is 64.5 Å². The SMILES string of the molecule is CCCNC1CCN(CCC(C)c2ccccc2)C(C)C1. The molecule has 1 aliphatic heterocycles. The van der Waals surface area contributed by atoms with Crippen LogP contribution in [0.4, 0.5) is 0 Å². The first kappa shape index (κ1) is 16.5. The van der Waals surface area contributed by atoms with Crippen LogP contribution >= 0.6 is 0 Å². The number of hydrogen-bond acceptors (Lipinski definition) is 2. The predicted molar refractivity (Wildman–Crippen MR) is 91.8 cm³/mol. The van der Waals surface area contributed by atoms with Gasteiger partial charge in [-0.25, -0.2) is 0 Å². The van der Waals surface area contributed by atoms with E-state index < -0.39 is 0 Å². The normalized spacial score (nSPS) is 24.9. The van der Waals surface area contributed by atoms with E-state index >= 15 is 0 Å². The Balaban J connectivity index is 1.74. The first-order valence-electron chi connectivity index (χ1n) is 8.73. The van der Waals surface area contributed by atoms with Gasteiger partial charge in [-0.15, -0.1) is 0 Å². The lowest BCUT2D eigenvalue weighted by molar-refractivity contribution is 0.132. The third-order valence-corrected chi connectivity index (χ3v) is 4.91. The number of piperidine rings is 1. The number of rotatable bonds is 7. The van der Waals surface area contributed by atoms with Crippen LogP contribution in [-0.4, -0.2) is 36.6 Å². The molecule has 1 fully saturated rings. The van der Waals surface area contributed by atoms with Crippen molar-refractivity contribution in [1.29, 1.82) is 0 Å². The maximum Gasteiger partial charge on any atom is 0.00940 e. The van der Waals surface area contributed by atoms with E-state index in [-0.39, 0.29) is 0 Å². The van der Waals surface area contributed by atoms with Crippen LogP contribution < -0.4 is 5.32 Å². The van der Waals surface area contributed by atoms with E-state index in [1.165, 1.54) is 50.9 Å². The van der Waals surface area contributed by atoms with Crippen LogP contribution in [0.2, 0.25) is 0 Å². The van der Waals surface area contributed by atoms with E-state index in [1.54, 1.807) is 0 Å². The second-order valence-electron chi connectivity index (χ2n) is 6.66. The number of hydrogen-bond donors (Lipinski definition) is 1. The van der Waals surface area contributed by atoms with Gasteiger partial charge in [0.05, 0.1) is 0 Å². The zero-order chi connectivity index (χ0) is 15.1. The number of benzene rings is 1. The molecule has 1 aliphatic rings. The highest BCUT2D eigenvalue weighted by Gasteiger charge is 2.24. The second-order valence-corrected chi connectivity index (χ2v) is 6.66. The van der Waals surface area contributed by atoms with Gasteiger partial charge >= 0.3 is 0 Å². The van der Waals surface area contributed by atoms with Crippen molar-refractivity contribution in [1.82, 2.24) is 10.2 Å². The van der Waals surface area contributed by atoms with Crippen LogP contribution in [0, 0.1) is 0 Å². The van der Waals surface area contributed by atoms with Crippen molar-refractivity contribution in [3.05, 3.63) is 35.9 Å². The summed E-state index contributed by atoms with van der Waals surface area (Å²) in [4.78, 5) is 2.68. The zero-order valence-corrected chi connectivity index (χ0v) is 14.0. The molecule has 2 rings (SSSR count). The molecule has 1 heterocycles. The molecule has 0 bridgehead atoms. The van der Waals surface area contributed by atoms with Crippen molar-refractivity contribution in [2.24, 2.45) is 0 Å². The summed E-state index contributed by atoms with van der Waals surface area (Å²) in [5, 5.41) is 3.69. The van der Waals surface area contributed by atoms with Crippen LogP contribution in [0.1, 0.15) is 57.9 Å². The number of nitrogens with one attached hydrogen (secondary N) is 1. The molecule has 0 saturated carbocycles. The molecule has 0 spiro atoms. The van der Waals surface area contributed by atoms with Crippen LogP contribution in [0.5, 0.6) is 0 Å². The van der Waals surface area contributed by atoms with Gasteiger partial charge in [-0.2, -0.15) is 0 Å². The Kier molecular flexibility index (Phi) is 6.72. The standard InChI is InChI=1S/C19H32N2/c1-4-12-20-19-11-14-21(17(3)15-19)13-10-16(2)18-8-6-5-7-9-18/h5-9,16-17,19-20H,4,10-15H2,1-3H3. The molecule has 1 aromatic rings. The fraction of sp³-hybridized carbons (Fsp3) is 0.684. The smallest absolute Gasteiger partial charge is 0.00940 e. The van der Waals surface area contributed by atoms with E-state index in [0.29, 0.717) is 5.92 Å². The number of likely N-dealkylation sites (tertiary alicyclic amines) is 1. The second kappa shape index (κ2) is 8.55. The third-order valence-electron chi connectivity index (χ3n) is 4.91. The molecule has 0 amide bonds. The van der Waals surface area contributed by atoms with Crippen molar-refractivity contribution < 1.29 is 0 Å². The monoisotopic (exact) mass is 288 g/mol. The van der Waals surface area contributed by atoms with Gasteiger partial charge in [-0.1, -0.05) is 44.2 Å².